The zero-order chi connectivity index (χ0) is 10.1. The Bertz CT molecular complexity index is 373. The predicted molar refractivity (Wildman–Crippen MR) is 60.3 cm³/mol. The van der Waals surface area contributed by atoms with Gasteiger partial charge in [0, 0.05) is 12.7 Å². The molecule has 0 radical (unpaired) electrons. The van der Waals surface area contributed by atoms with Crippen molar-refractivity contribution in [1.29, 1.82) is 0 Å². The number of rotatable bonds is 1. The number of hydrogen-bond donors (Lipinski definition) is 0. The molecule has 0 unspecified atom stereocenters. The molecule has 0 atom stereocenters. The maximum atomic E-state index is 6.13. The van der Waals surface area contributed by atoms with Gasteiger partial charge in [-0.25, -0.2) is 0 Å². The Labute approximate surface area is 89.4 Å². The molecule has 3 heteroatoms. The molecule has 0 amide bonds. The van der Waals surface area contributed by atoms with E-state index in [-0.39, 0.29) is 0 Å². The molecule has 0 fully saturated rings. The average Bonchev–Trinajstić information content (AvgIpc) is 2.49. The van der Waals surface area contributed by atoms with Gasteiger partial charge >= 0.3 is 0 Å². The van der Waals surface area contributed by atoms with Crippen molar-refractivity contribution in [2.45, 2.75) is 6.92 Å². The number of hydrogen-bond acceptors (Lipinski definition) is 2. The van der Waals surface area contributed by atoms with Crippen molar-refractivity contribution in [1.82, 2.24) is 5.01 Å². The van der Waals surface area contributed by atoms with Crippen LogP contribution in [0, 0.1) is 0 Å². The fraction of sp³-hybridized carbons (Fsp3) is 0.273. The summed E-state index contributed by atoms with van der Waals surface area (Å²) < 4.78 is 0. The summed E-state index contributed by atoms with van der Waals surface area (Å²) in [5.74, 6) is 0. The molecule has 2 nitrogen and oxygen atoms in total. The Morgan fingerprint density at radius 1 is 1.29 bits per heavy atom. The van der Waals surface area contributed by atoms with E-state index in [9.17, 15) is 0 Å². The molecule has 0 bridgehead atoms. The van der Waals surface area contributed by atoms with Gasteiger partial charge in [-0.05, 0) is 25.1 Å². The lowest BCUT2D eigenvalue weighted by Crippen LogP contribution is -2.33. The van der Waals surface area contributed by atoms with E-state index in [0.717, 1.165) is 17.3 Å². The molecular weight excluding hydrogens is 196 g/mol. The third-order valence-corrected chi connectivity index (χ3v) is 2.88. The molecule has 0 saturated carbocycles. The van der Waals surface area contributed by atoms with Crippen LogP contribution in [-0.4, -0.2) is 18.6 Å². The van der Waals surface area contributed by atoms with E-state index in [1.165, 1.54) is 5.70 Å². The third-order valence-electron chi connectivity index (χ3n) is 2.56. The summed E-state index contributed by atoms with van der Waals surface area (Å²) in [5.41, 5.74) is 2.31. The number of benzene rings is 1. The van der Waals surface area contributed by atoms with E-state index in [2.05, 4.69) is 23.0 Å². The second kappa shape index (κ2) is 3.54. The maximum absolute atomic E-state index is 6.13. The summed E-state index contributed by atoms with van der Waals surface area (Å²) in [4.78, 5) is 0. The highest BCUT2D eigenvalue weighted by Gasteiger charge is 2.18. The van der Waals surface area contributed by atoms with E-state index >= 15 is 0 Å². The second-order valence-electron chi connectivity index (χ2n) is 3.40. The molecular formula is C11H13ClN2. The molecule has 0 saturated heterocycles. The van der Waals surface area contributed by atoms with Crippen molar-refractivity contribution >= 4 is 17.3 Å². The zero-order valence-electron chi connectivity index (χ0n) is 8.37. The SMILES string of the molecule is CC1=CCN(c2ccccc2Cl)N1C. The molecule has 1 aromatic rings. The Kier molecular flexibility index (Phi) is 2.38. The Morgan fingerprint density at radius 3 is 2.57 bits per heavy atom. The average molecular weight is 209 g/mol. The fourth-order valence-corrected chi connectivity index (χ4v) is 1.82. The van der Waals surface area contributed by atoms with E-state index in [1.54, 1.807) is 0 Å². The number of hydrazine groups is 1. The van der Waals surface area contributed by atoms with Crippen LogP contribution in [0.5, 0.6) is 0 Å². The third kappa shape index (κ3) is 1.46. The first kappa shape index (κ1) is 9.41. The van der Waals surface area contributed by atoms with E-state index in [4.69, 9.17) is 11.6 Å². The Morgan fingerprint density at radius 2 is 2.00 bits per heavy atom. The molecule has 1 aliphatic rings. The molecule has 2 rings (SSSR count). The summed E-state index contributed by atoms with van der Waals surface area (Å²) in [6, 6.07) is 7.90. The molecule has 0 aromatic heterocycles. The van der Waals surface area contributed by atoms with E-state index < -0.39 is 0 Å². The minimum absolute atomic E-state index is 0.794. The first-order valence-electron chi connectivity index (χ1n) is 4.62. The van der Waals surface area contributed by atoms with Gasteiger partial charge in [0.2, 0.25) is 0 Å². The Balaban J connectivity index is 2.30. The molecule has 0 aliphatic carbocycles. The normalized spacial score (nSPS) is 16.1. The van der Waals surface area contributed by atoms with Gasteiger partial charge in [-0.3, -0.25) is 10.0 Å². The highest BCUT2D eigenvalue weighted by Crippen LogP contribution is 2.29. The van der Waals surface area contributed by atoms with Crippen molar-refractivity contribution in [2.75, 3.05) is 18.6 Å². The monoisotopic (exact) mass is 208 g/mol. The number of para-hydroxylation sites is 1. The maximum Gasteiger partial charge on any atom is 0.0763 e. The first-order chi connectivity index (χ1) is 6.70. The molecule has 74 valence electrons. The second-order valence-corrected chi connectivity index (χ2v) is 3.81. The Hall–Kier alpha value is -1.15. The zero-order valence-corrected chi connectivity index (χ0v) is 9.12. The van der Waals surface area contributed by atoms with Gasteiger partial charge in [-0.15, -0.1) is 0 Å². The summed E-state index contributed by atoms with van der Waals surface area (Å²) >= 11 is 6.13. The van der Waals surface area contributed by atoms with Crippen LogP contribution in [0.2, 0.25) is 5.02 Å². The van der Waals surface area contributed by atoms with Crippen molar-refractivity contribution < 1.29 is 0 Å². The lowest BCUT2D eigenvalue weighted by atomic mass is 10.3. The number of nitrogens with zero attached hydrogens (tertiary/aromatic N) is 2. The standard InChI is InChI=1S/C11H13ClN2/c1-9-7-8-14(13(9)2)11-6-4-3-5-10(11)12/h3-7H,8H2,1-2H3. The molecule has 1 aromatic carbocycles. The predicted octanol–water partition coefficient (Wildman–Crippen LogP) is 2.91. The molecule has 0 spiro atoms. The van der Waals surface area contributed by atoms with Crippen molar-refractivity contribution in [3.05, 3.63) is 41.1 Å². The van der Waals surface area contributed by atoms with Crippen molar-refractivity contribution in [2.24, 2.45) is 0 Å². The number of halogens is 1. The quantitative estimate of drug-likeness (QED) is 0.700. The van der Waals surface area contributed by atoms with Crippen LogP contribution < -0.4 is 5.01 Å². The van der Waals surface area contributed by atoms with Crippen molar-refractivity contribution in [3.63, 3.8) is 0 Å². The van der Waals surface area contributed by atoms with Gasteiger partial charge in [-0.1, -0.05) is 23.7 Å². The largest absolute Gasteiger partial charge is 0.293 e. The smallest absolute Gasteiger partial charge is 0.0763 e. The number of allylic oxidation sites excluding steroid dienone is 1. The van der Waals surface area contributed by atoms with Gasteiger partial charge in [0.15, 0.2) is 0 Å². The van der Waals surface area contributed by atoms with Crippen molar-refractivity contribution in [3.8, 4) is 0 Å². The summed E-state index contributed by atoms with van der Waals surface area (Å²) in [5, 5.41) is 5.06. The van der Waals surface area contributed by atoms with Gasteiger partial charge in [0.05, 0.1) is 17.3 Å². The van der Waals surface area contributed by atoms with Crippen LogP contribution in [0.4, 0.5) is 5.69 Å². The molecule has 1 heterocycles. The van der Waals surface area contributed by atoms with Crippen LogP contribution in [0.3, 0.4) is 0 Å². The molecule has 0 N–H and O–H groups in total. The summed E-state index contributed by atoms with van der Waals surface area (Å²) in [7, 11) is 2.04. The van der Waals surface area contributed by atoms with Crippen LogP contribution >= 0.6 is 11.6 Å². The summed E-state index contributed by atoms with van der Waals surface area (Å²) in [6.45, 7) is 2.99. The summed E-state index contributed by atoms with van der Waals surface area (Å²) in [6.07, 6.45) is 2.18. The van der Waals surface area contributed by atoms with Gasteiger partial charge in [0.1, 0.15) is 0 Å². The lowest BCUT2D eigenvalue weighted by Gasteiger charge is -2.30. The van der Waals surface area contributed by atoms with Crippen LogP contribution in [0.1, 0.15) is 6.92 Å². The van der Waals surface area contributed by atoms with E-state index in [0.29, 0.717) is 0 Å². The van der Waals surface area contributed by atoms with Gasteiger partial charge < -0.3 is 0 Å². The highest BCUT2D eigenvalue weighted by atomic mass is 35.5. The lowest BCUT2D eigenvalue weighted by molar-refractivity contribution is 0.422. The fourth-order valence-electron chi connectivity index (χ4n) is 1.58. The minimum atomic E-state index is 0.794. The van der Waals surface area contributed by atoms with Gasteiger partial charge in [-0.2, -0.15) is 0 Å². The number of anilines is 1. The topological polar surface area (TPSA) is 6.48 Å². The van der Waals surface area contributed by atoms with Crippen LogP contribution in [-0.2, 0) is 0 Å². The van der Waals surface area contributed by atoms with Crippen LogP contribution in [0.15, 0.2) is 36.0 Å². The first-order valence-corrected chi connectivity index (χ1v) is 5.00. The van der Waals surface area contributed by atoms with E-state index in [1.807, 2.05) is 31.3 Å². The van der Waals surface area contributed by atoms with Gasteiger partial charge in [0.25, 0.3) is 0 Å². The minimum Gasteiger partial charge on any atom is -0.293 e. The molecule has 14 heavy (non-hydrogen) atoms. The molecule has 1 aliphatic heterocycles. The van der Waals surface area contributed by atoms with Crippen LogP contribution in [0.25, 0.3) is 0 Å². The highest BCUT2D eigenvalue weighted by molar-refractivity contribution is 6.33.